The van der Waals surface area contributed by atoms with Gasteiger partial charge in [0.1, 0.15) is 11.6 Å². The van der Waals surface area contributed by atoms with E-state index < -0.39 is 0 Å². The number of hydrogen-bond acceptors (Lipinski definition) is 3. The minimum atomic E-state index is 0.0335. The third kappa shape index (κ3) is 2.06. The van der Waals surface area contributed by atoms with Crippen LogP contribution in [0.25, 0.3) is 0 Å². The standard InChI is InChI=1S/C9H18N4/c1-4-6-8(10)9-12-11-7(3)13(9)5-2/h8H,4-6,10H2,1-3H3/t8-/m0/s1. The molecule has 0 unspecified atom stereocenters. The highest BCUT2D eigenvalue weighted by molar-refractivity contribution is 4.98. The SMILES string of the molecule is CCC[C@H](N)c1nnc(C)n1CC. The molecule has 0 saturated heterocycles. The molecule has 4 nitrogen and oxygen atoms in total. The first-order chi connectivity index (χ1) is 6.20. The summed E-state index contributed by atoms with van der Waals surface area (Å²) in [4.78, 5) is 0. The van der Waals surface area contributed by atoms with Gasteiger partial charge in [0.05, 0.1) is 6.04 Å². The second kappa shape index (κ2) is 4.37. The maximum absolute atomic E-state index is 5.97. The molecule has 0 aromatic carbocycles. The molecular weight excluding hydrogens is 164 g/mol. The summed E-state index contributed by atoms with van der Waals surface area (Å²) in [7, 11) is 0. The Hall–Kier alpha value is -0.900. The zero-order valence-electron chi connectivity index (χ0n) is 8.62. The van der Waals surface area contributed by atoms with Crippen LogP contribution in [-0.4, -0.2) is 14.8 Å². The predicted molar refractivity (Wildman–Crippen MR) is 52.3 cm³/mol. The number of nitrogens with two attached hydrogens (primary N) is 1. The van der Waals surface area contributed by atoms with Crippen LogP contribution in [0.15, 0.2) is 0 Å². The normalized spacial score (nSPS) is 13.2. The maximum Gasteiger partial charge on any atom is 0.149 e. The lowest BCUT2D eigenvalue weighted by Crippen LogP contribution is -2.16. The van der Waals surface area contributed by atoms with Crippen LogP contribution in [0.2, 0.25) is 0 Å². The molecule has 0 aliphatic carbocycles. The molecule has 1 atom stereocenters. The fourth-order valence-electron chi connectivity index (χ4n) is 1.50. The van der Waals surface area contributed by atoms with Crippen molar-refractivity contribution in [3.8, 4) is 0 Å². The van der Waals surface area contributed by atoms with E-state index in [2.05, 4.69) is 28.6 Å². The molecule has 1 rings (SSSR count). The van der Waals surface area contributed by atoms with Crippen LogP contribution < -0.4 is 5.73 Å². The van der Waals surface area contributed by atoms with Gasteiger partial charge in [-0.1, -0.05) is 13.3 Å². The van der Waals surface area contributed by atoms with Gasteiger partial charge in [-0.2, -0.15) is 0 Å². The van der Waals surface area contributed by atoms with E-state index in [9.17, 15) is 0 Å². The molecule has 0 aliphatic rings. The van der Waals surface area contributed by atoms with Gasteiger partial charge in [0.15, 0.2) is 0 Å². The summed E-state index contributed by atoms with van der Waals surface area (Å²) in [6.07, 6.45) is 2.05. The summed E-state index contributed by atoms with van der Waals surface area (Å²) in [5, 5.41) is 8.12. The zero-order chi connectivity index (χ0) is 9.84. The molecule has 0 spiro atoms. The topological polar surface area (TPSA) is 56.7 Å². The quantitative estimate of drug-likeness (QED) is 0.766. The average Bonchev–Trinajstić information content (AvgIpc) is 2.47. The Bertz CT molecular complexity index is 267. The molecular formula is C9H18N4. The molecule has 1 aromatic heterocycles. The van der Waals surface area contributed by atoms with Gasteiger partial charge in [0.2, 0.25) is 0 Å². The largest absolute Gasteiger partial charge is 0.321 e. The van der Waals surface area contributed by atoms with Gasteiger partial charge in [-0.15, -0.1) is 10.2 Å². The Morgan fingerprint density at radius 2 is 2.08 bits per heavy atom. The van der Waals surface area contributed by atoms with Gasteiger partial charge >= 0.3 is 0 Å². The van der Waals surface area contributed by atoms with Crippen molar-refractivity contribution in [2.45, 2.75) is 46.2 Å². The van der Waals surface area contributed by atoms with Gasteiger partial charge in [-0.05, 0) is 20.3 Å². The summed E-state index contributed by atoms with van der Waals surface area (Å²) >= 11 is 0. The summed E-state index contributed by atoms with van der Waals surface area (Å²) < 4.78 is 2.07. The zero-order valence-corrected chi connectivity index (χ0v) is 8.62. The molecule has 0 saturated carbocycles. The molecule has 0 fully saturated rings. The van der Waals surface area contributed by atoms with Crippen molar-refractivity contribution in [1.82, 2.24) is 14.8 Å². The number of nitrogens with zero attached hydrogens (tertiary/aromatic N) is 3. The second-order valence-corrected chi connectivity index (χ2v) is 3.24. The number of aryl methyl sites for hydroxylation is 1. The third-order valence-electron chi connectivity index (χ3n) is 2.21. The summed E-state index contributed by atoms with van der Waals surface area (Å²) in [6.45, 7) is 7.06. The minimum Gasteiger partial charge on any atom is -0.321 e. The van der Waals surface area contributed by atoms with Crippen LogP contribution in [0.1, 0.15) is 44.4 Å². The van der Waals surface area contributed by atoms with Gasteiger partial charge in [-0.25, -0.2) is 0 Å². The lowest BCUT2D eigenvalue weighted by molar-refractivity contribution is 0.555. The highest BCUT2D eigenvalue weighted by Gasteiger charge is 2.13. The van der Waals surface area contributed by atoms with E-state index in [4.69, 9.17) is 5.73 Å². The Kier molecular flexibility index (Phi) is 3.42. The van der Waals surface area contributed by atoms with Crippen molar-refractivity contribution < 1.29 is 0 Å². The van der Waals surface area contributed by atoms with E-state index in [0.29, 0.717) is 0 Å². The van der Waals surface area contributed by atoms with E-state index >= 15 is 0 Å². The van der Waals surface area contributed by atoms with Crippen LogP contribution in [0, 0.1) is 6.92 Å². The van der Waals surface area contributed by atoms with Crippen molar-refractivity contribution in [1.29, 1.82) is 0 Å². The molecule has 2 N–H and O–H groups in total. The van der Waals surface area contributed by atoms with Crippen LogP contribution in [0.4, 0.5) is 0 Å². The van der Waals surface area contributed by atoms with Crippen LogP contribution in [0.3, 0.4) is 0 Å². The van der Waals surface area contributed by atoms with Gasteiger partial charge in [-0.3, -0.25) is 0 Å². The van der Waals surface area contributed by atoms with Crippen LogP contribution in [-0.2, 0) is 6.54 Å². The second-order valence-electron chi connectivity index (χ2n) is 3.24. The molecule has 74 valence electrons. The number of hydrogen-bond donors (Lipinski definition) is 1. The molecule has 0 amide bonds. The van der Waals surface area contributed by atoms with Crippen molar-refractivity contribution in [2.75, 3.05) is 0 Å². The first-order valence-corrected chi connectivity index (χ1v) is 4.86. The van der Waals surface area contributed by atoms with Crippen LogP contribution in [0.5, 0.6) is 0 Å². The molecule has 13 heavy (non-hydrogen) atoms. The third-order valence-corrected chi connectivity index (χ3v) is 2.21. The smallest absolute Gasteiger partial charge is 0.149 e. The number of aromatic nitrogens is 3. The Morgan fingerprint density at radius 1 is 1.38 bits per heavy atom. The number of rotatable bonds is 4. The Morgan fingerprint density at radius 3 is 2.62 bits per heavy atom. The molecule has 1 heterocycles. The monoisotopic (exact) mass is 182 g/mol. The molecule has 0 bridgehead atoms. The molecule has 1 aromatic rings. The minimum absolute atomic E-state index is 0.0335. The lowest BCUT2D eigenvalue weighted by atomic mass is 10.2. The highest BCUT2D eigenvalue weighted by Crippen LogP contribution is 2.14. The fourth-order valence-corrected chi connectivity index (χ4v) is 1.50. The van der Waals surface area contributed by atoms with E-state index in [0.717, 1.165) is 31.0 Å². The summed E-state index contributed by atoms with van der Waals surface area (Å²) in [6, 6.07) is 0.0335. The van der Waals surface area contributed by atoms with Gasteiger partial charge in [0.25, 0.3) is 0 Å². The average molecular weight is 182 g/mol. The van der Waals surface area contributed by atoms with Crippen molar-refractivity contribution in [2.24, 2.45) is 5.73 Å². The maximum atomic E-state index is 5.97. The fraction of sp³-hybridized carbons (Fsp3) is 0.778. The molecule has 0 aliphatic heterocycles. The Labute approximate surface area is 79.2 Å². The summed E-state index contributed by atoms with van der Waals surface area (Å²) in [5.74, 6) is 1.87. The summed E-state index contributed by atoms with van der Waals surface area (Å²) in [5.41, 5.74) is 5.97. The predicted octanol–water partition coefficient (Wildman–Crippen LogP) is 1.41. The van der Waals surface area contributed by atoms with Crippen molar-refractivity contribution >= 4 is 0 Å². The van der Waals surface area contributed by atoms with Gasteiger partial charge in [0, 0.05) is 6.54 Å². The van der Waals surface area contributed by atoms with E-state index in [1.807, 2.05) is 6.92 Å². The van der Waals surface area contributed by atoms with Crippen molar-refractivity contribution in [3.05, 3.63) is 11.6 Å². The van der Waals surface area contributed by atoms with E-state index in [1.165, 1.54) is 0 Å². The Balaban J connectivity index is 2.86. The molecule has 0 radical (unpaired) electrons. The van der Waals surface area contributed by atoms with Crippen molar-refractivity contribution in [3.63, 3.8) is 0 Å². The molecule has 4 heteroatoms. The van der Waals surface area contributed by atoms with E-state index in [1.54, 1.807) is 0 Å². The first-order valence-electron chi connectivity index (χ1n) is 4.86. The first kappa shape index (κ1) is 10.2. The van der Waals surface area contributed by atoms with Crippen LogP contribution >= 0.6 is 0 Å². The van der Waals surface area contributed by atoms with Gasteiger partial charge < -0.3 is 10.3 Å². The lowest BCUT2D eigenvalue weighted by Gasteiger charge is -2.11. The van der Waals surface area contributed by atoms with E-state index in [-0.39, 0.29) is 6.04 Å². The highest BCUT2D eigenvalue weighted by atomic mass is 15.3.